The summed E-state index contributed by atoms with van der Waals surface area (Å²) in [5, 5.41) is 6.44. The largest absolute Gasteiger partial charge is 0.325 e. The molecule has 1 fully saturated rings. The second kappa shape index (κ2) is 6.89. The van der Waals surface area contributed by atoms with Gasteiger partial charge in [-0.15, -0.1) is 0 Å². The highest BCUT2D eigenvalue weighted by atomic mass is 16.2. The molecule has 1 aromatic carbocycles. The van der Waals surface area contributed by atoms with E-state index in [-0.39, 0.29) is 11.9 Å². The van der Waals surface area contributed by atoms with E-state index >= 15 is 0 Å². The molecule has 0 heterocycles. The molecule has 110 valence electrons. The lowest BCUT2D eigenvalue weighted by Gasteiger charge is -2.33. The summed E-state index contributed by atoms with van der Waals surface area (Å²) in [5.41, 5.74) is 0.858. The molecule has 2 rings (SSSR count). The zero-order valence-corrected chi connectivity index (χ0v) is 12.7. The monoisotopic (exact) mass is 274 g/mol. The van der Waals surface area contributed by atoms with Gasteiger partial charge in [0.1, 0.15) is 0 Å². The minimum Gasteiger partial charge on any atom is -0.325 e. The lowest BCUT2D eigenvalue weighted by molar-refractivity contribution is -0.118. The van der Waals surface area contributed by atoms with Crippen molar-refractivity contribution < 1.29 is 4.79 Å². The van der Waals surface area contributed by atoms with E-state index in [0.717, 1.165) is 17.5 Å². The molecule has 3 atom stereocenters. The quantitative estimate of drug-likeness (QED) is 0.883. The van der Waals surface area contributed by atoms with Crippen molar-refractivity contribution >= 4 is 11.6 Å². The van der Waals surface area contributed by atoms with Crippen molar-refractivity contribution in [3.05, 3.63) is 30.3 Å². The van der Waals surface area contributed by atoms with E-state index in [9.17, 15) is 4.79 Å². The Hall–Kier alpha value is -1.35. The molecular formula is C17H26N2O. The molecule has 0 radical (unpaired) electrons. The fourth-order valence-corrected chi connectivity index (χ4v) is 3.28. The molecule has 0 aliphatic heterocycles. The number of nitrogens with one attached hydrogen (secondary N) is 2. The fourth-order valence-electron chi connectivity index (χ4n) is 3.28. The molecule has 3 nitrogen and oxygen atoms in total. The standard InChI is InChI=1S/C17H26N2O/c1-12-9-13(2)11-16(10-12)18-14(3)17(20)19-15-7-5-4-6-8-15/h4-8,12-14,16,18H,9-11H2,1-3H3,(H,19,20). The Morgan fingerprint density at radius 3 is 2.30 bits per heavy atom. The molecule has 1 saturated carbocycles. The number of anilines is 1. The van der Waals surface area contributed by atoms with Crippen molar-refractivity contribution in [1.82, 2.24) is 5.32 Å². The van der Waals surface area contributed by atoms with E-state index in [4.69, 9.17) is 0 Å². The van der Waals surface area contributed by atoms with Gasteiger partial charge in [0.2, 0.25) is 5.91 Å². The van der Waals surface area contributed by atoms with Crippen LogP contribution < -0.4 is 10.6 Å². The van der Waals surface area contributed by atoms with Crippen LogP contribution in [0.3, 0.4) is 0 Å². The molecule has 1 aromatic rings. The predicted octanol–water partition coefficient (Wildman–Crippen LogP) is 3.43. The first kappa shape index (κ1) is 15.0. The Morgan fingerprint density at radius 2 is 1.70 bits per heavy atom. The molecule has 2 N–H and O–H groups in total. The van der Waals surface area contributed by atoms with E-state index in [0.29, 0.717) is 6.04 Å². The topological polar surface area (TPSA) is 41.1 Å². The molecule has 0 bridgehead atoms. The van der Waals surface area contributed by atoms with Gasteiger partial charge in [-0.3, -0.25) is 4.79 Å². The van der Waals surface area contributed by atoms with Crippen molar-refractivity contribution in [1.29, 1.82) is 0 Å². The molecule has 0 saturated heterocycles. The van der Waals surface area contributed by atoms with Crippen molar-refractivity contribution in [2.24, 2.45) is 11.8 Å². The van der Waals surface area contributed by atoms with Crippen LogP contribution in [0.4, 0.5) is 5.69 Å². The Kier molecular flexibility index (Phi) is 5.18. The molecule has 3 heteroatoms. The number of hydrogen-bond acceptors (Lipinski definition) is 2. The van der Waals surface area contributed by atoms with Gasteiger partial charge in [0.25, 0.3) is 0 Å². The molecule has 0 aromatic heterocycles. The fraction of sp³-hybridized carbons (Fsp3) is 0.588. The minimum atomic E-state index is -0.155. The highest BCUT2D eigenvalue weighted by molar-refractivity contribution is 5.94. The molecule has 1 aliphatic rings. The Balaban J connectivity index is 1.84. The highest BCUT2D eigenvalue weighted by Gasteiger charge is 2.26. The van der Waals surface area contributed by atoms with Crippen molar-refractivity contribution in [3.8, 4) is 0 Å². The number of hydrogen-bond donors (Lipinski definition) is 2. The van der Waals surface area contributed by atoms with Gasteiger partial charge in [-0.05, 0) is 50.2 Å². The van der Waals surface area contributed by atoms with E-state index in [2.05, 4.69) is 24.5 Å². The maximum absolute atomic E-state index is 12.2. The van der Waals surface area contributed by atoms with Crippen molar-refractivity contribution in [2.45, 2.75) is 52.1 Å². The summed E-state index contributed by atoms with van der Waals surface area (Å²) < 4.78 is 0. The Labute approximate surface area is 122 Å². The lowest BCUT2D eigenvalue weighted by Crippen LogP contribution is -2.46. The normalized spacial score (nSPS) is 27.9. The van der Waals surface area contributed by atoms with Crippen LogP contribution in [-0.2, 0) is 4.79 Å². The molecule has 3 unspecified atom stereocenters. The zero-order chi connectivity index (χ0) is 14.5. The van der Waals surface area contributed by atoms with Crippen LogP contribution in [0.5, 0.6) is 0 Å². The van der Waals surface area contributed by atoms with E-state index in [1.807, 2.05) is 37.3 Å². The van der Waals surface area contributed by atoms with E-state index < -0.39 is 0 Å². The second-order valence-electron chi connectivity index (χ2n) is 6.36. The highest BCUT2D eigenvalue weighted by Crippen LogP contribution is 2.28. The first-order valence-corrected chi connectivity index (χ1v) is 7.66. The van der Waals surface area contributed by atoms with Gasteiger partial charge in [0, 0.05) is 11.7 Å². The molecule has 0 spiro atoms. The summed E-state index contributed by atoms with van der Waals surface area (Å²) in [7, 11) is 0. The van der Waals surface area contributed by atoms with Crippen LogP contribution in [0.25, 0.3) is 0 Å². The summed E-state index contributed by atoms with van der Waals surface area (Å²) >= 11 is 0. The van der Waals surface area contributed by atoms with Crippen LogP contribution in [0, 0.1) is 11.8 Å². The van der Waals surface area contributed by atoms with Gasteiger partial charge in [-0.2, -0.15) is 0 Å². The molecule has 1 amide bonds. The molecule has 20 heavy (non-hydrogen) atoms. The SMILES string of the molecule is CC1CC(C)CC(NC(C)C(=O)Nc2ccccc2)C1. The number of para-hydroxylation sites is 1. The maximum atomic E-state index is 12.2. The van der Waals surface area contributed by atoms with Crippen molar-refractivity contribution in [3.63, 3.8) is 0 Å². The molecular weight excluding hydrogens is 248 g/mol. The van der Waals surface area contributed by atoms with E-state index in [1.165, 1.54) is 19.3 Å². The average Bonchev–Trinajstić information content (AvgIpc) is 2.38. The first-order valence-electron chi connectivity index (χ1n) is 7.66. The Morgan fingerprint density at radius 1 is 1.10 bits per heavy atom. The number of amides is 1. The summed E-state index contributed by atoms with van der Waals surface area (Å²) in [6.45, 7) is 6.56. The van der Waals surface area contributed by atoms with Gasteiger partial charge in [-0.1, -0.05) is 32.0 Å². The van der Waals surface area contributed by atoms with Crippen LogP contribution in [0.15, 0.2) is 30.3 Å². The van der Waals surface area contributed by atoms with Crippen LogP contribution >= 0.6 is 0 Å². The van der Waals surface area contributed by atoms with Gasteiger partial charge in [-0.25, -0.2) is 0 Å². The summed E-state index contributed by atoms with van der Waals surface area (Å²) in [4.78, 5) is 12.2. The van der Waals surface area contributed by atoms with E-state index in [1.54, 1.807) is 0 Å². The van der Waals surface area contributed by atoms with Gasteiger partial charge < -0.3 is 10.6 Å². The lowest BCUT2D eigenvalue weighted by atomic mass is 9.80. The minimum absolute atomic E-state index is 0.0436. The third-order valence-electron chi connectivity index (χ3n) is 4.10. The summed E-state index contributed by atoms with van der Waals surface area (Å²) in [6, 6.07) is 9.94. The predicted molar refractivity (Wildman–Crippen MR) is 83.6 cm³/mol. The number of benzene rings is 1. The van der Waals surface area contributed by atoms with Gasteiger partial charge in [0.15, 0.2) is 0 Å². The second-order valence-corrected chi connectivity index (χ2v) is 6.36. The third kappa shape index (κ3) is 4.34. The smallest absolute Gasteiger partial charge is 0.241 e. The average molecular weight is 274 g/mol. The Bertz CT molecular complexity index is 422. The van der Waals surface area contributed by atoms with Crippen LogP contribution in [-0.4, -0.2) is 18.0 Å². The van der Waals surface area contributed by atoms with Crippen molar-refractivity contribution in [2.75, 3.05) is 5.32 Å². The van der Waals surface area contributed by atoms with Crippen LogP contribution in [0.2, 0.25) is 0 Å². The summed E-state index contributed by atoms with van der Waals surface area (Å²) in [5.74, 6) is 1.54. The zero-order valence-electron chi connectivity index (χ0n) is 12.7. The van der Waals surface area contributed by atoms with Crippen LogP contribution in [0.1, 0.15) is 40.0 Å². The first-order chi connectivity index (χ1) is 9.54. The van der Waals surface area contributed by atoms with Gasteiger partial charge >= 0.3 is 0 Å². The summed E-state index contributed by atoms with van der Waals surface area (Å²) in [6.07, 6.45) is 3.66. The van der Waals surface area contributed by atoms with Gasteiger partial charge in [0.05, 0.1) is 6.04 Å². The molecule has 1 aliphatic carbocycles. The third-order valence-corrected chi connectivity index (χ3v) is 4.10. The number of carbonyl (C=O) groups is 1. The maximum Gasteiger partial charge on any atom is 0.241 e. The number of carbonyl (C=O) groups excluding carboxylic acids is 1. The number of rotatable bonds is 4.